The molecule has 0 unspecified atom stereocenters. The van der Waals surface area contributed by atoms with Crippen LogP contribution in [-0.4, -0.2) is 24.9 Å². The second kappa shape index (κ2) is 7.89. The largest absolute Gasteiger partial charge is 0.398 e. The van der Waals surface area contributed by atoms with E-state index in [0.717, 1.165) is 0 Å². The van der Waals surface area contributed by atoms with E-state index in [0.29, 0.717) is 34.7 Å². The quantitative estimate of drug-likeness (QED) is 0.691. The number of hydrogen-bond donors (Lipinski definition) is 3. The molecule has 0 aromatic heterocycles. The summed E-state index contributed by atoms with van der Waals surface area (Å²) in [5.41, 5.74) is 6.74. The number of nitrogen functional groups attached to an aromatic ring is 1. The highest BCUT2D eigenvalue weighted by Crippen LogP contribution is 2.20. The van der Waals surface area contributed by atoms with E-state index in [-0.39, 0.29) is 18.2 Å². The van der Waals surface area contributed by atoms with Crippen LogP contribution in [-0.2, 0) is 4.79 Å². The summed E-state index contributed by atoms with van der Waals surface area (Å²) in [5, 5.41) is 5.50. The van der Waals surface area contributed by atoms with Crippen molar-refractivity contribution in [2.24, 2.45) is 5.92 Å². The molecule has 0 aliphatic carbocycles. The molecule has 0 bridgehead atoms. The van der Waals surface area contributed by atoms with E-state index < -0.39 is 0 Å². The van der Waals surface area contributed by atoms with Crippen LogP contribution in [0.25, 0.3) is 0 Å². The molecule has 0 fully saturated rings. The molecule has 1 aromatic rings. The van der Waals surface area contributed by atoms with Crippen molar-refractivity contribution in [2.45, 2.75) is 20.3 Å². The van der Waals surface area contributed by atoms with Crippen LogP contribution in [0.1, 0.15) is 30.6 Å². The maximum Gasteiger partial charge on any atom is 0.251 e. The zero-order valence-electron chi connectivity index (χ0n) is 11.7. The third-order valence-corrected chi connectivity index (χ3v) is 3.29. The molecule has 0 radical (unpaired) electrons. The summed E-state index contributed by atoms with van der Waals surface area (Å²) >= 11 is 3.27. The lowest BCUT2D eigenvalue weighted by Gasteiger charge is -2.09. The number of nitrogens with two attached hydrogens (primary N) is 1. The van der Waals surface area contributed by atoms with Gasteiger partial charge in [0.2, 0.25) is 5.91 Å². The SMILES string of the molecule is CC(C)CNC(=O)CCNC(=O)c1ccc(N)c(Br)c1. The molecular formula is C14H20BrN3O2. The van der Waals surface area contributed by atoms with E-state index in [1.54, 1.807) is 18.2 Å². The summed E-state index contributed by atoms with van der Waals surface area (Å²) in [6.45, 7) is 5.02. The van der Waals surface area contributed by atoms with Crippen LogP contribution >= 0.6 is 15.9 Å². The van der Waals surface area contributed by atoms with Crippen molar-refractivity contribution in [3.8, 4) is 0 Å². The molecule has 2 amide bonds. The van der Waals surface area contributed by atoms with Crippen LogP contribution in [0.2, 0.25) is 0 Å². The predicted molar refractivity (Wildman–Crippen MR) is 83.4 cm³/mol. The van der Waals surface area contributed by atoms with E-state index in [4.69, 9.17) is 5.73 Å². The molecule has 1 aromatic carbocycles. The number of rotatable bonds is 6. The lowest BCUT2D eigenvalue weighted by molar-refractivity contribution is -0.121. The Morgan fingerprint density at radius 2 is 2.00 bits per heavy atom. The highest BCUT2D eigenvalue weighted by Gasteiger charge is 2.08. The van der Waals surface area contributed by atoms with Gasteiger partial charge in [0.05, 0.1) is 0 Å². The first kappa shape index (κ1) is 16.5. The molecule has 4 N–H and O–H groups in total. The van der Waals surface area contributed by atoms with E-state index >= 15 is 0 Å². The fraction of sp³-hybridized carbons (Fsp3) is 0.429. The molecule has 0 saturated carbocycles. The Hall–Kier alpha value is -1.56. The number of anilines is 1. The van der Waals surface area contributed by atoms with Gasteiger partial charge in [-0.1, -0.05) is 13.8 Å². The van der Waals surface area contributed by atoms with Gasteiger partial charge < -0.3 is 16.4 Å². The lowest BCUT2D eigenvalue weighted by atomic mass is 10.2. The van der Waals surface area contributed by atoms with E-state index in [9.17, 15) is 9.59 Å². The molecule has 0 aliphatic heterocycles. The van der Waals surface area contributed by atoms with Gasteiger partial charge in [0, 0.05) is 35.2 Å². The zero-order chi connectivity index (χ0) is 15.1. The average molecular weight is 342 g/mol. The molecule has 5 nitrogen and oxygen atoms in total. The van der Waals surface area contributed by atoms with Crippen molar-refractivity contribution in [1.82, 2.24) is 10.6 Å². The van der Waals surface area contributed by atoms with Crippen LogP contribution in [0, 0.1) is 5.92 Å². The maximum absolute atomic E-state index is 11.9. The van der Waals surface area contributed by atoms with Gasteiger partial charge in [-0.05, 0) is 40.0 Å². The molecule has 0 aliphatic rings. The topological polar surface area (TPSA) is 84.2 Å². The smallest absolute Gasteiger partial charge is 0.251 e. The molecule has 6 heteroatoms. The second-order valence-electron chi connectivity index (χ2n) is 4.94. The minimum atomic E-state index is -0.220. The fourth-order valence-electron chi connectivity index (χ4n) is 1.47. The van der Waals surface area contributed by atoms with Crippen LogP contribution in [0.15, 0.2) is 22.7 Å². The Balaban J connectivity index is 2.36. The molecule has 20 heavy (non-hydrogen) atoms. The molecule has 0 saturated heterocycles. The Bertz CT molecular complexity index is 489. The zero-order valence-corrected chi connectivity index (χ0v) is 13.3. The van der Waals surface area contributed by atoms with Gasteiger partial charge in [-0.2, -0.15) is 0 Å². The van der Waals surface area contributed by atoms with Gasteiger partial charge in [0.1, 0.15) is 0 Å². The van der Waals surface area contributed by atoms with Crippen molar-refractivity contribution in [3.63, 3.8) is 0 Å². The molecule has 0 heterocycles. The number of nitrogens with one attached hydrogen (secondary N) is 2. The number of carbonyl (C=O) groups is 2. The Morgan fingerprint density at radius 1 is 1.30 bits per heavy atom. The first-order chi connectivity index (χ1) is 9.40. The van der Waals surface area contributed by atoms with Crippen LogP contribution in [0.4, 0.5) is 5.69 Å². The molecular weight excluding hydrogens is 322 g/mol. The Kier molecular flexibility index (Phi) is 6.51. The van der Waals surface area contributed by atoms with Gasteiger partial charge in [0.15, 0.2) is 0 Å². The van der Waals surface area contributed by atoms with Crippen LogP contribution < -0.4 is 16.4 Å². The minimum Gasteiger partial charge on any atom is -0.398 e. The third kappa shape index (κ3) is 5.61. The summed E-state index contributed by atoms with van der Waals surface area (Å²) in [5.74, 6) is 0.139. The monoisotopic (exact) mass is 341 g/mol. The molecule has 0 atom stereocenters. The van der Waals surface area contributed by atoms with Gasteiger partial charge in [-0.15, -0.1) is 0 Å². The summed E-state index contributed by atoms with van der Waals surface area (Å²) in [6, 6.07) is 4.96. The summed E-state index contributed by atoms with van der Waals surface area (Å²) in [4.78, 5) is 23.3. The normalized spacial score (nSPS) is 10.4. The molecule has 0 spiro atoms. The summed E-state index contributed by atoms with van der Waals surface area (Å²) in [7, 11) is 0. The first-order valence-electron chi connectivity index (χ1n) is 6.50. The van der Waals surface area contributed by atoms with Gasteiger partial charge in [-0.25, -0.2) is 0 Å². The second-order valence-corrected chi connectivity index (χ2v) is 5.79. The van der Waals surface area contributed by atoms with Gasteiger partial charge in [-0.3, -0.25) is 9.59 Å². The van der Waals surface area contributed by atoms with E-state index in [2.05, 4.69) is 26.6 Å². The standard InChI is InChI=1S/C14H20BrN3O2/c1-9(2)8-18-13(19)5-6-17-14(20)10-3-4-12(16)11(15)7-10/h3-4,7,9H,5-6,8,16H2,1-2H3,(H,17,20)(H,18,19). The molecule has 1 rings (SSSR count). The van der Waals surface area contributed by atoms with Crippen LogP contribution in [0.5, 0.6) is 0 Å². The fourth-order valence-corrected chi connectivity index (χ4v) is 1.85. The lowest BCUT2D eigenvalue weighted by Crippen LogP contribution is -2.32. The number of benzene rings is 1. The van der Waals surface area contributed by atoms with Gasteiger partial charge >= 0.3 is 0 Å². The van der Waals surface area contributed by atoms with Gasteiger partial charge in [0.25, 0.3) is 5.91 Å². The predicted octanol–water partition coefficient (Wildman–Crippen LogP) is 1.92. The maximum atomic E-state index is 11.9. The first-order valence-corrected chi connectivity index (χ1v) is 7.29. The van der Waals surface area contributed by atoms with Crippen molar-refractivity contribution >= 4 is 33.4 Å². The van der Waals surface area contributed by atoms with Crippen molar-refractivity contribution in [2.75, 3.05) is 18.8 Å². The number of halogens is 1. The Morgan fingerprint density at radius 3 is 2.60 bits per heavy atom. The third-order valence-electron chi connectivity index (χ3n) is 2.61. The van der Waals surface area contributed by atoms with E-state index in [1.807, 2.05) is 13.8 Å². The number of hydrogen-bond acceptors (Lipinski definition) is 3. The molecule has 110 valence electrons. The highest BCUT2D eigenvalue weighted by atomic mass is 79.9. The highest BCUT2D eigenvalue weighted by molar-refractivity contribution is 9.10. The van der Waals surface area contributed by atoms with E-state index in [1.165, 1.54) is 0 Å². The average Bonchev–Trinajstić information content (AvgIpc) is 2.39. The number of carbonyl (C=O) groups excluding carboxylic acids is 2. The Labute approximate surface area is 127 Å². The summed E-state index contributed by atoms with van der Waals surface area (Å²) in [6.07, 6.45) is 0.272. The van der Waals surface area contributed by atoms with Crippen molar-refractivity contribution < 1.29 is 9.59 Å². The van der Waals surface area contributed by atoms with Crippen molar-refractivity contribution in [1.29, 1.82) is 0 Å². The van der Waals surface area contributed by atoms with Crippen molar-refractivity contribution in [3.05, 3.63) is 28.2 Å². The number of amides is 2. The van der Waals surface area contributed by atoms with Crippen LogP contribution in [0.3, 0.4) is 0 Å². The summed E-state index contributed by atoms with van der Waals surface area (Å²) < 4.78 is 0.680. The minimum absolute atomic E-state index is 0.0579.